The van der Waals surface area contributed by atoms with Gasteiger partial charge in [0.25, 0.3) is 0 Å². The molecule has 3 rings (SSSR count). The lowest BCUT2D eigenvalue weighted by atomic mass is 10.1. The average molecular weight is 280 g/mol. The van der Waals surface area contributed by atoms with Crippen molar-refractivity contribution in [3.8, 4) is 5.69 Å². The van der Waals surface area contributed by atoms with Gasteiger partial charge in [-0.3, -0.25) is 5.10 Å². The maximum atomic E-state index is 12.7. The molecule has 20 heavy (non-hydrogen) atoms. The highest BCUT2D eigenvalue weighted by atomic mass is 19.4. The molecule has 0 unspecified atom stereocenters. The van der Waals surface area contributed by atoms with Crippen molar-refractivity contribution in [2.24, 2.45) is 0 Å². The van der Waals surface area contributed by atoms with Gasteiger partial charge in [-0.2, -0.15) is 18.3 Å². The fourth-order valence-electron chi connectivity index (χ4n) is 2.23. The van der Waals surface area contributed by atoms with Crippen molar-refractivity contribution in [2.45, 2.75) is 20.0 Å². The fourth-order valence-corrected chi connectivity index (χ4v) is 2.23. The minimum Gasteiger partial charge on any atom is -0.303 e. The highest BCUT2D eigenvalue weighted by Gasteiger charge is 2.34. The summed E-state index contributed by atoms with van der Waals surface area (Å²) >= 11 is 0. The molecule has 0 spiro atoms. The summed E-state index contributed by atoms with van der Waals surface area (Å²) < 4.78 is 39.5. The second-order valence-corrected chi connectivity index (χ2v) is 4.64. The molecule has 1 N–H and O–H groups in total. The average Bonchev–Trinajstić information content (AvgIpc) is 2.94. The number of benzene rings is 1. The van der Waals surface area contributed by atoms with Crippen LogP contribution in [0.1, 0.15) is 17.1 Å². The van der Waals surface area contributed by atoms with Crippen LogP contribution in [0.15, 0.2) is 24.5 Å². The van der Waals surface area contributed by atoms with Gasteiger partial charge in [0, 0.05) is 17.3 Å². The number of hydrogen-bond acceptors (Lipinski definition) is 2. The number of rotatable bonds is 1. The van der Waals surface area contributed by atoms with Crippen LogP contribution < -0.4 is 0 Å². The van der Waals surface area contributed by atoms with Gasteiger partial charge < -0.3 is 4.57 Å². The van der Waals surface area contributed by atoms with Crippen LogP contribution in [0.4, 0.5) is 13.2 Å². The Kier molecular flexibility index (Phi) is 2.60. The topological polar surface area (TPSA) is 46.5 Å². The van der Waals surface area contributed by atoms with Crippen LogP contribution in [0, 0.1) is 13.8 Å². The molecule has 0 amide bonds. The number of H-pyrrole nitrogens is 1. The molecule has 0 aliphatic rings. The predicted octanol–water partition coefficient (Wildman–Crippen LogP) is 3.38. The molecule has 0 bridgehead atoms. The quantitative estimate of drug-likeness (QED) is 0.742. The Labute approximate surface area is 112 Å². The number of imidazole rings is 1. The van der Waals surface area contributed by atoms with E-state index in [9.17, 15) is 13.2 Å². The van der Waals surface area contributed by atoms with Crippen molar-refractivity contribution in [3.63, 3.8) is 0 Å². The third-order valence-electron chi connectivity index (χ3n) is 3.18. The van der Waals surface area contributed by atoms with E-state index >= 15 is 0 Å². The van der Waals surface area contributed by atoms with Crippen molar-refractivity contribution < 1.29 is 13.2 Å². The van der Waals surface area contributed by atoms with Crippen molar-refractivity contribution in [2.75, 3.05) is 0 Å². The molecule has 0 fully saturated rings. The second-order valence-electron chi connectivity index (χ2n) is 4.64. The summed E-state index contributed by atoms with van der Waals surface area (Å²) in [5.74, 6) is 0.291. The van der Waals surface area contributed by atoms with Crippen LogP contribution in [-0.2, 0) is 6.18 Å². The molecule has 0 aliphatic carbocycles. The number of aromatic nitrogens is 4. The van der Waals surface area contributed by atoms with E-state index in [-0.39, 0.29) is 0 Å². The van der Waals surface area contributed by atoms with Gasteiger partial charge in [0.1, 0.15) is 5.82 Å². The van der Waals surface area contributed by atoms with Crippen molar-refractivity contribution in [3.05, 3.63) is 41.6 Å². The molecule has 0 radical (unpaired) electrons. The molecule has 0 saturated carbocycles. The molecule has 2 aromatic heterocycles. The minimum atomic E-state index is -4.44. The maximum Gasteiger partial charge on any atom is 0.434 e. The van der Waals surface area contributed by atoms with Crippen LogP contribution in [0.5, 0.6) is 0 Å². The lowest BCUT2D eigenvalue weighted by Gasteiger charge is -2.07. The van der Waals surface area contributed by atoms with Gasteiger partial charge in [-0.1, -0.05) is 0 Å². The van der Waals surface area contributed by atoms with Gasteiger partial charge in [0.15, 0.2) is 5.69 Å². The minimum absolute atomic E-state index is 0.291. The highest BCUT2D eigenvalue weighted by molar-refractivity contribution is 5.83. The molecular formula is C13H11F3N4. The Hall–Kier alpha value is -2.31. The van der Waals surface area contributed by atoms with Gasteiger partial charge in [-0.05, 0) is 31.5 Å². The van der Waals surface area contributed by atoms with Crippen LogP contribution in [-0.4, -0.2) is 19.7 Å². The summed E-state index contributed by atoms with van der Waals surface area (Å²) in [4.78, 5) is 3.57. The van der Waals surface area contributed by atoms with E-state index in [1.807, 2.05) is 6.92 Å². The Morgan fingerprint density at radius 3 is 2.60 bits per heavy atom. The predicted molar refractivity (Wildman–Crippen MR) is 67.7 cm³/mol. The Bertz CT molecular complexity index is 783. The summed E-state index contributed by atoms with van der Waals surface area (Å²) in [5, 5.41) is 7.64. The Morgan fingerprint density at radius 1 is 1.20 bits per heavy atom. The third kappa shape index (κ3) is 1.95. The summed E-state index contributed by atoms with van der Waals surface area (Å²) in [6.07, 6.45) is -1.79. The summed E-state index contributed by atoms with van der Waals surface area (Å²) in [7, 11) is 0. The van der Waals surface area contributed by atoms with E-state index in [0.717, 1.165) is 22.7 Å². The van der Waals surface area contributed by atoms with E-state index in [0.29, 0.717) is 11.5 Å². The van der Waals surface area contributed by atoms with Crippen LogP contribution in [0.3, 0.4) is 0 Å². The van der Waals surface area contributed by atoms with Gasteiger partial charge in [-0.25, -0.2) is 4.98 Å². The number of halogens is 3. The van der Waals surface area contributed by atoms with E-state index in [1.54, 1.807) is 25.3 Å². The smallest absolute Gasteiger partial charge is 0.303 e. The molecule has 104 valence electrons. The lowest BCUT2D eigenvalue weighted by molar-refractivity contribution is -0.141. The first-order chi connectivity index (χ1) is 9.36. The summed E-state index contributed by atoms with van der Waals surface area (Å²) in [6.45, 7) is 3.42. The number of nitrogens with zero attached hydrogens (tertiary/aromatic N) is 3. The highest BCUT2D eigenvalue weighted by Crippen LogP contribution is 2.30. The molecule has 4 nitrogen and oxygen atoms in total. The molecule has 0 saturated heterocycles. The molecular weight excluding hydrogens is 269 g/mol. The van der Waals surface area contributed by atoms with E-state index in [4.69, 9.17) is 0 Å². The Morgan fingerprint density at radius 2 is 1.95 bits per heavy atom. The zero-order valence-corrected chi connectivity index (χ0v) is 10.8. The first kappa shape index (κ1) is 12.7. The van der Waals surface area contributed by atoms with Gasteiger partial charge in [0.05, 0.1) is 11.7 Å². The van der Waals surface area contributed by atoms with Gasteiger partial charge in [0.2, 0.25) is 0 Å². The summed E-state index contributed by atoms with van der Waals surface area (Å²) in [6, 6.07) is 3.58. The number of aryl methyl sites for hydroxylation is 2. The molecule has 0 atom stereocenters. The molecule has 3 aromatic rings. The first-order valence-corrected chi connectivity index (χ1v) is 5.93. The largest absolute Gasteiger partial charge is 0.434 e. The van der Waals surface area contributed by atoms with Crippen molar-refractivity contribution >= 4 is 10.9 Å². The molecule has 2 heterocycles. The maximum absolute atomic E-state index is 12.7. The molecule has 1 aromatic carbocycles. The van der Waals surface area contributed by atoms with E-state index < -0.39 is 11.9 Å². The normalized spacial score (nSPS) is 12.2. The second kappa shape index (κ2) is 4.09. The summed E-state index contributed by atoms with van der Waals surface area (Å²) in [5.41, 5.74) is 1.54. The third-order valence-corrected chi connectivity index (χ3v) is 3.18. The first-order valence-electron chi connectivity index (χ1n) is 5.93. The lowest BCUT2D eigenvalue weighted by Crippen LogP contribution is -2.05. The zero-order chi connectivity index (χ0) is 14.5. The van der Waals surface area contributed by atoms with Crippen LogP contribution in [0.25, 0.3) is 16.6 Å². The number of nitrogens with one attached hydrogen (secondary N) is 1. The van der Waals surface area contributed by atoms with E-state index in [2.05, 4.69) is 15.2 Å². The molecule has 0 aliphatic heterocycles. The van der Waals surface area contributed by atoms with Gasteiger partial charge in [-0.15, -0.1) is 0 Å². The standard InChI is InChI=1S/C13H11F3N4/c1-7-3-10(4-9-5-17-19-12(7)9)20-6-11(13(14,15)16)18-8(20)2/h3-6H,1-2H3,(H,17,19). The van der Waals surface area contributed by atoms with Gasteiger partial charge >= 0.3 is 6.18 Å². The number of alkyl halides is 3. The molecule has 7 heteroatoms. The fraction of sp³-hybridized carbons (Fsp3) is 0.231. The zero-order valence-electron chi connectivity index (χ0n) is 10.8. The van der Waals surface area contributed by atoms with Crippen molar-refractivity contribution in [1.29, 1.82) is 0 Å². The number of aromatic amines is 1. The number of fused-ring (bicyclic) bond motifs is 1. The SMILES string of the molecule is Cc1cc(-n2cc(C(F)(F)F)nc2C)cc2cn[nH]c12. The van der Waals surface area contributed by atoms with Crippen LogP contribution in [0.2, 0.25) is 0 Å². The number of hydrogen-bond donors (Lipinski definition) is 1. The monoisotopic (exact) mass is 280 g/mol. The van der Waals surface area contributed by atoms with E-state index in [1.165, 1.54) is 4.57 Å². The Balaban J connectivity index is 2.18. The van der Waals surface area contributed by atoms with Crippen molar-refractivity contribution in [1.82, 2.24) is 19.7 Å². The van der Waals surface area contributed by atoms with Crippen LogP contribution >= 0.6 is 0 Å².